The normalized spacial score (nSPS) is 15.3. The number of amides is 1. The van der Waals surface area contributed by atoms with Gasteiger partial charge in [0.15, 0.2) is 0 Å². The molecular weight excluding hydrogens is 468 g/mol. The molecule has 36 heavy (non-hydrogen) atoms. The van der Waals surface area contributed by atoms with Crippen LogP contribution >= 0.6 is 11.8 Å². The van der Waals surface area contributed by atoms with Crippen molar-refractivity contribution in [3.63, 3.8) is 0 Å². The van der Waals surface area contributed by atoms with Crippen LogP contribution in [0.1, 0.15) is 23.6 Å². The van der Waals surface area contributed by atoms with Crippen LogP contribution in [0.15, 0.2) is 113 Å². The number of carbonyl (C=O) groups is 1. The maximum atomic E-state index is 13.5. The van der Waals surface area contributed by atoms with E-state index in [4.69, 9.17) is 5.10 Å². The van der Waals surface area contributed by atoms with Gasteiger partial charge in [-0.15, -0.1) is 5.10 Å². The average Bonchev–Trinajstić information content (AvgIpc) is 3.60. The van der Waals surface area contributed by atoms with E-state index in [1.54, 1.807) is 9.69 Å². The number of hydrazone groups is 1. The molecule has 1 aromatic heterocycles. The van der Waals surface area contributed by atoms with Gasteiger partial charge < -0.3 is 0 Å². The predicted octanol–water partition coefficient (Wildman–Crippen LogP) is 5.29. The molecule has 0 radical (unpaired) electrons. The minimum Gasteiger partial charge on any atom is -0.272 e. The molecule has 176 valence electrons. The fourth-order valence-electron chi connectivity index (χ4n) is 4.41. The van der Waals surface area contributed by atoms with Gasteiger partial charge in [-0.25, -0.2) is 5.01 Å². The highest BCUT2D eigenvalue weighted by Gasteiger charge is 2.33. The van der Waals surface area contributed by atoms with Crippen molar-refractivity contribution in [2.45, 2.75) is 17.6 Å². The van der Waals surface area contributed by atoms with Gasteiger partial charge in [-0.2, -0.15) is 9.78 Å². The molecule has 0 N–H and O–H groups in total. The molecular formula is C28H22N6OS. The molecule has 0 saturated heterocycles. The number of fused-ring (bicyclic) bond motifs is 1. The number of rotatable bonds is 6. The Labute approximate surface area is 212 Å². The Balaban J connectivity index is 1.27. The molecule has 5 aromatic rings. The van der Waals surface area contributed by atoms with Crippen molar-refractivity contribution in [2.24, 2.45) is 5.10 Å². The van der Waals surface area contributed by atoms with Gasteiger partial charge in [0.1, 0.15) is 0 Å². The van der Waals surface area contributed by atoms with Crippen molar-refractivity contribution in [3.8, 4) is 5.69 Å². The predicted molar refractivity (Wildman–Crippen MR) is 141 cm³/mol. The van der Waals surface area contributed by atoms with Gasteiger partial charge in [0.25, 0.3) is 5.91 Å². The molecule has 1 atom stereocenters. The molecule has 0 unspecified atom stereocenters. The molecule has 2 heterocycles. The molecule has 1 aliphatic heterocycles. The van der Waals surface area contributed by atoms with Gasteiger partial charge >= 0.3 is 0 Å². The van der Waals surface area contributed by atoms with Crippen LogP contribution in [0.25, 0.3) is 16.5 Å². The van der Waals surface area contributed by atoms with Gasteiger partial charge in [-0.05, 0) is 50.5 Å². The second-order valence-electron chi connectivity index (χ2n) is 8.48. The second-order valence-corrected chi connectivity index (χ2v) is 9.42. The number of nitrogens with zero attached hydrogens (tertiary/aromatic N) is 6. The Morgan fingerprint density at radius 1 is 0.861 bits per heavy atom. The molecule has 6 rings (SSSR count). The summed E-state index contributed by atoms with van der Waals surface area (Å²) in [4.78, 5) is 13.5. The summed E-state index contributed by atoms with van der Waals surface area (Å²) in [7, 11) is 0. The zero-order valence-electron chi connectivity index (χ0n) is 19.3. The number of carbonyl (C=O) groups excluding carboxylic acids is 1. The summed E-state index contributed by atoms with van der Waals surface area (Å²) >= 11 is 1.31. The number of para-hydroxylation sites is 1. The van der Waals surface area contributed by atoms with Crippen LogP contribution in [-0.4, -0.2) is 42.6 Å². The van der Waals surface area contributed by atoms with E-state index in [-0.39, 0.29) is 17.7 Å². The van der Waals surface area contributed by atoms with Crippen LogP contribution in [0.4, 0.5) is 0 Å². The molecule has 0 aliphatic carbocycles. The lowest BCUT2D eigenvalue weighted by molar-refractivity contribution is -0.130. The molecule has 8 heteroatoms. The number of aromatic nitrogens is 4. The van der Waals surface area contributed by atoms with Crippen molar-refractivity contribution in [2.75, 3.05) is 5.75 Å². The Morgan fingerprint density at radius 3 is 2.39 bits per heavy atom. The highest BCUT2D eigenvalue weighted by Crippen LogP contribution is 2.34. The van der Waals surface area contributed by atoms with Crippen LogP contribution in [0.2, 0.25) is 0 Å². The van der Waals surface area contributed by atoms with Crippen LogP contribution in [-0.2, 0) is 4.79 Å². The Morgan fingerprint density at radius 2 is 1.58 bits per heavy atom. The first-order valence-electron chi connectivity index (χ1n) is 11.7. The number of tetrazole rings is 1. The zero-order valence-corrected chi connectivity index (χ0v) is 20.1. The monoisotopic (exact) mass is 490 g/mol. The van der Waals surface area contributed by atoms with Crippen LogP contribution in [0, 0.1) is 0 Å². The Kier molecular flexibility index (Phi) is 6.01. The summed E-state index contributed by atoms with van der Waals surface area (Å²) in [5, 5.41) is 21.4. The highest BCUT2D eigenvalue weighted by atomic mass is 32.2. The molecule has 1 aliphatic rings. The summed E-state index contributed by atoms with van der Waals surface area (Å²) in [5.41, 5.74) is 3.84. The fraction of sp³-hybridized carbons (Fsp3) is 0.107. The summed E-state index contributed by atoms with van der Waals surface area (Å²) in [5.74, 6) is 0.0812. The van der Waals surface area contributed by atoms with E-state index in [1.807, 2.05) is 72.8 Å². The summed E-state index contributed by atoms with van der Waals surface area (Å²) in [6, 6.07) is 34.1. The minimum absolute atomic E-state index is 0.0905. The van der Waals surface area contributed by atoms with Crippen molar-refractivity contribution >= 4 is 34.2 Å². The molecule has 7 nitrogen and oxygen atoms in total. The lowest BCUT2D eigenvalue weighted by Gasteiger charge is -2.21. The third kappa shape index (κ3) is 4.38. The fourth-order valence-corrected chi connectivity index (χ4v) is 5.15. The maximum Gasteiger partial charge on any atom is 0.253 e. The van der Waals surface area contributed by atoms with E-state index in [9.17, 15) is 4.79 Å². The largest absolute Gasteiger partial charge is 0.272 e. The van der Waals surface area contributed by atoms with Gasteiger partial charge in [0.2, 0.25) is 5.16 Å². The van der Waals surface area contributed by atoms with E-state index in [0.717, 1.165) is 27.9 Å². The number of benzene rings is 4. The van der Waals surface area contributed by atoms with Crippen LogP contribution in [0.3, 0.4) is 0 Å². The number of hydrogen-bond acceptors (Lipinski definition) is 6. The third-order valence-corrected chi connectivity index (χ3v) is 7.10. The number of thioether (sulfide) groups is 1. The molecule has 1 amide bonds. The smallest absolute Gasteiger partial charge is 0.253 e. The van der Waals surface area contributed by atoms with E-state index in [0.29, 0.717) is 11.6 Å². The van der Waals surface area contributed by atoms with Crippen molar-refractivity contribution in [1.82, 2.24) is 25.2 Å². The Bertz CT molecular complexity index is 1550. The lowest BCUT2D eigenvalue weighted by Crippen LogP contribution is -2.28. The molecule has 0 spiro atoms. The SMILES string of the molecule is O=C(CSc1nnnn1-c1ccccc1)N1N=C(c2ccc3ccccc3c2)C[C@@H]1c1ccccc1. The van der Waals surface area contributed by atoms with E-state index < -0.39 is 0 Å². The van der Waals surface area contributed by atoms with Gasteiger partial charge in [0.05, 0.1) is 23.2 Å². The molecule has 0 bridgehead atoms. The third-order valence-electron chi connectivity index (χ3n) is 6.20. The summed E-state index contributed by atoms with van der Waals surface area (Å²) in [6.45, 7) is 0. The first-order valence-corrected chi connectivity index (χ1v) is 12.6. The summed E-state index contributed by atoms with van der Waals surface area (Å²) < 4.78 is 1.64. The van der Waals surface area contributed by atoms with Crippen LogP contribution < -0.4 is 0 Å². The topological polar surface area (TPSA) is 76.3 Å². The van der Waals surface area contributed by atoms with E-state index >= 15 is 0 Å². The van der Waals surface area contributed by atoms with Gasteiger partial charge in [-0.3, -0.25) is 4.79 Å². The van der Waals surface area contributed by atoms with E-state index in [1.165, 1.54) is 17.1 Å². The van der Waals surface area contributed by atoms with Gasteiger partial charge in [-0.1, -0.05) is 96.7 Å². The second kappa shape index (κ2) is 9.75. The minimum atomic E-state index is -0.161. The first-order chi connectivity index (χ1) is 17.8. The highest BCUT2D eigenvalue weighted by molar-refractivity contribution is 7.99. The summed E-state index contributed by atoms with van der Waals surface area (Å²) in [6.07, 6.45) is 0.653. The lowest BCUT2D eigenvalue weighted by atomic mass is 9.97. The molecule has 4 aromatic carbocycles. The molecule has 0 fully saturated rings. The van der Waals surface area contributed by atoms with Crippen molar-refractivity contribution < 1.29 is 4.79 Å². The standard InChI is InChI=1S/C28H22N6OS/c35-27(19-36-28-29-31-32-33(28)24-13-5-2-6-14-24)34-26(21-10-3-1-4-11-21)18-25(30-34)23-16-15-20-9-7-8-12-22(20)17-23/h1-17,26H,18-19H2/t26-/m1/s1. The van der Waals surface area contributed by atoms with Gasteiger partial charge in [0, 0.05) is 6.42 Å². The Hall–Kier alpha value is -4.30. The number of hydrogen-bond donors (Lipinski definition) is 0. The first kappa shape index (κ1) is 22.2. The maximum absolute atomic E-state index is 13.5. The quantitative estimate of drug-likeness (QED) is 0.303. The zero-order chi connectivity index (χ0) is 24.3. The van der Waals surface area contributed by atoms with Crippen molar-refractivity contribution in [3.05, 3.63) is 114 Å². The molecule has 0 saturated carbocycles. The van der Waals surface area contributed by atoms with Crippen LogP contribution in [0.5, 0.6) is 0 Å². The van der Waals surface area contributed by atoms with E-state index in [2.05, 4.69) is 45.9 Å². The average molecular weight is 491 g/mol. The van der Waals surface area contributed by atoms with Crippen molar-refractivity contribution in [1.29, 1.82) is 0 Å².